The van der Waals surface area contributed by atoms with Crippen LogP contribution in [0.1, 0.15) is 24.7 Å². The number of rotatable bonds is 6. The molecule has 0 aliphatic rings. The normalized spacial score (nSPS) is 12.6. The van der Waals surface area contributed by atoms with Crippen molar-refractivity contribution in [3.63, 3.8) is 0 Å². The molecule has 2 aromatic heterocycles. The zero-order valence-corrected chi connectivity index (χ0v) is 12.5. The zero-order chi connectivity index (χ0) is 15.4. The molecule has 0 spiro atoms. The van der Waals surface area contributed by atoms with Crippen LogP contribution in [0.15, 0.2) is 48.7 Å². The number of hydrogen-bond acceptors (Lipinski definition) is 3. The van der Waals surface area contributed by atoms with Crippen LogP contribution in [0.4, 0.5) is 4.39 Å². The van der Waals surface area contributed by atoms with Crippen molar-refractivity contribution in [2.24, 2.45) is 0 Å². The smallest absolute Gasteiger partial charge is 0.160 e. The van der Waals surface area contributed by atoms with Crippen molar-refractivity contribution in [1.82, 2.24) is 19.9 Å². The monoisotopic (exact) mass is 298 g/mol. The Hall–Kier alpha value is -2.27. The Morgan fingerprint density at radius 2 is 2.09 bits per heavy atom. The Balaban J connectivity index is 1.53. The molecular weight excluding hydrogens is 279 g/mol. The van der Waals surface area contributed by atoms with Crippen molar-refractivity contribution < 1.29 is 4.39 Å². The molecule has 0 aliphatic carbocycles. The predicted molar refractivity (Wildman–Crippen MR) is 84.0 cm³/mol. The molecule has 0 radical (unpaired) electrons. The molecule has 0 aliphatic heterocycles. The van der Waals surface area contributed by atoms with E-state index in [9.17, 15) is 4.39 Å². The fourth-order valence-electron chi connectivity index (χ4n) is 2.45. The van der Waals surface area contributed by atoms with Gasteiger partial charge in [-0.1, -0.05) is 18.2 Å². The van der Waals surface area contributed by atoms with Crippen LogP contribution in [-0.4, -0.2) is 20.6 Å². The second-order valence-corrected chi connectivity index (χ2v) is 5.50. The molecule has 3 aromatic rings. The van der Waals surface area contributed by atoms with Crippen LogP contribution in [0.25, 0.3) is 5.65 Å². The third-order valence-electron chi connectivity index (χ3n) is 3.75. The summed E-state index contributed by atoms with van der Waals surface area (Å²) in [5, 5.41) is 11.8. The highest BCUT2D eigenvalue weighted by Crippen LogP contribution is 2.08. The summed E-state index contributed by atoms with van der Waals surface area (Å²) in [7, 11) is 0. The van der Waals surface area contributed by atoms with Gasteiger partial charge < -0.3 is 5.32 Å². The van der Waals surface area contributed by atoms with Gasteiger partial charge in [-0.05, 0) is 49.6 Å². The average Bonchev–Trinajstić information content (AvgIpc) is 2.94. The third kappa shape index (κ3) is 3.49. The van der Waals surface area contributed by atoms with Gasteiger partial charge in [0, 0.05) is 12.2 Å². The van der Waals surface area contributed by atoms with Crippen molar-refractivity contribution in [3.05, 3.63) is 65.9 Å². The lowest BCUT2D eigenvalue weighted by Gasteiger charge is -2.13. The molecule has 1 aromatic carbocycles. The highest BCUT2D eigenvalue weighted by atomic mass is 19.1. The fourth-order valence-corrected chi connectivity index (χ4v) is 2.45. The number of nitrogens with zero attached hydrogens (tertiary/aromatic N) is 3. The van der Waals surface area contributed by atoms with Crippen LogP contribution >= 0.6 is 0 Å². The van der Waals surface area contributed by atoms with Gasteiger partial charge in [0.1, 0.15) is 5.82 Å². The summed E-state index contributed by atoms with van der Waals surface area (Å²) >= 11 is 0. The van der Waals surface area contributed by atoms with E-state index in [2.05, 4.69) is 22.4 Å². The van der Waals surface area contributed by atoms with E-state index in [-0.39, 0.29) is 5.82 Å². The van der Waals surface area contributed by atoms with E-state index >= 15 is 0 Å². The molecule has 0 amide bonds. The molecule has 0 saturated carbocycles. The minimum atomic E-state index is -0.173. The van der Waals surface area contributed by atoms with E-state index in [4.69, 9.17) is 0 Å². The number of aromatic nitrogens is 3. The zero-order valence-electron chi connectivity index (χ0n) is 12.5. The largest absolute Gasteiger partial charge is 0.307 e. The Morgan fingerprint density at radius 3 is 2.95 bits per heavy atom. The molecule has 22 heavy (non-hydrogen) atoms. The highest BCUT2D eigenvalue weighted by Gasteiger charge is 2.07. The molecule has 1 atom stereocenters. The van der Waals surface area contributed by atoms with Crippen molar-refractivity contribution in [1.29, 1.82) is 0 Å². The van der Waals surface area contributed by atoms with Crippen LogP contribution in [0.2, 0.25) is 0 Å². The molecule has 2 heterocycles. The van der Waals surface area contributed by atoms with E-state index in [0.29, 0.717) is 12.6 Å². The van der Waals surface area contributed by atoms with Crippen LogP contribution in [-0.2, 0) is 13.0 Å². The Kier molecular flexibility index (Phi) is 4.44. The maximum atomic E-state index is 13.1. The molecule has 3 rings (SSSR count). The Labute approximate surface area is 129 Å². The number of nitrogens with one attached hydrogen (secondary N) is 1. The van der Waals surface area contributed by atoms with E-state index < -0.39 is 0 Å². The summed E-state index contributed by atoms with van der Waals surface area (Å²) < 4.78 is 15.1. The van der Waals surface area contributed by atoms with Gasteiger partial charge in [-0.2, -0.15) is 0 Å². The molecule has 1 N–H and O–H groups in total. The standard InChI is InChI=1S/C17H19FN4/c1-13(8-9-14-5-4-6-15(18)11-14)19-12-17-21-20-16-7-2-3-10-22(16)17/h2-7,10-11,13,19H,8-9,12H2,1H3/t13-/m0/s1. The Morgan fingerprint density at radius 1 is 1.18 bits per heavy atom. The molecule has 114 valence electrons. The van der Waals surface area contributed by atoms with Crippen molar-refractivity contribution in [2.75, 3.05) is 0 Å². The molecule has 0 saturated heterocycles. The minimum Gasteiger partial charge on any atom is -0.307 e. The number of fused-ring (bicyclic) bond motifs is 1. The van der Waals surface area contributed by atoms with Gasteiger partial charge in [-0.15, -0.1) is 10.2 Å². The summed E-state index contributed by atoms with van der Waals surface area (Å²) in [4.78, 5) is 0. The second kappa shape index (κ2) is 6.66. The van der Waals surface area contributed by atoms with E-state index in [1.165, 1.54) is 6.07 Å². The molecular formula is C17H19FN4. The lowest BCUT2D eigenvalue weighted by Crippen LogP contribution is -2.27. The van der Waals surface area contributed by atoms with E-state index in [1.54, 1.807) is 12.1 Å². The van der Waals surface area contributed by atoms with E-state index in [0.717, 1.165) is 29.9 Å². The van der Waals surface area contributed by atoms with Crippen LogP contribution < -0.4 is 5.32 Å². The molecule has 0 unspecified atom stereocenters. The lowest BCUT2D eigenvalue weighted by atomic mass is 10.1. The summed E-state index contributed by atoms with van der Waals surface area (Å²) in [5.41, 5.74) is 1.88. The number of pyridine rings is 1. The quantitative estimate of drug-likeness (QED) is 0.761. The number of hydrogen-bond donors (Lipinski definition) is 1. The minimum absolute atomic E-state index is 0.173. The van der Waals surface area contributed by atoms with Gasteiger partial charge in [0.25, 0.3) is 0 Å². The summed E-state index contributed by atoms with van der Waals surface area (Å²) in [6, 6.07) is 13.0. The predicted octanol–water partition coefficient (Wildman–Crippen LogP) is 2.98. The maximum Gasteiger partial charge on any atom is 0.160 e. The second-order valence-electron chi connectivity index (χ2n) is 5.50. The number of aryl methyl sites for hydroxylation is 1. The first kappa shape index (κ1) is 14.7. The van der Waals surface area contributed by atoms with Gasteiger partial charge in [0.05, 0.1) is 6.54 Å². The number of benzene rings is 1. The summed E-state index contributed by atoms with van der Waals surface area (Å²) in [5.74, 6) is 0.723. The van der Waals surface area contributed by atoms with Gasteiger partial charge in [0.15, 0.2) is 11.5 Å². The van der Waals surface area contributed by atoms with Gasteiger partial charge in [0.2, 0.25) is 0 Å². The first-order valence-corrected chi connectivity index (χ1v) is 7.49. The van der Waals surface area contributed by atoms with Crippen LogP contribution in [0, 0.1) is 5.82 Å². The fraction of sp³-hybridized carbons (Fsp3) is 0.294. The topological polar surface area (TPSA) is 42.2 Å². The van der Waals surface area contributed by atoms with Crippen LogP contribution in [0.5, 0.6) is 0 Å². The lowest BCUT2D eigenvalue weighted by molar-refractivity contribution is 0.502. The molecule has 5 heteroatoms. The first-order chi connectivity index (χ1) is 10.7. The van der Waals surface area contributed by atoms with Crippen LogP contribution in [0.3, 0.4) is 0 Å². The average molecular weight is 298 g/mol. The molecule has 0 bridgehead atoms. The first-order valence-electron chi connectivity index (χ1n) is 7.49. The number of halogens is 1. The van der Waals surface area contributed by atoms with E-state index in [1.807, 2.05) is 34.9 Å². The molecule has 0 fully saturated rings. The van der Waals surface area contributed by atoms with Crippen molar-refractivity contribution in [3.8, 4) is 0 Å². The summed E-state index contributed by atoms with van der Waals surface area (Å²) in [6.07, 6.45) is 3.76. The highest BCUT2D eigenvalue weighted by molar-refractivity contribution is 5.36. The van der Waals surface area contributed by atoms with Crippen molar-refractivity contribution in [2.45, 2.75) is 32.4 Å². The van der Waals surface area contributed by atoms with Gasteiger partial charge >= 0.3 is 0 Å². The summed E-state index contributed by atoms with van der Waals surface area (Å²) in [6.45, 7) is 2.79. The SMILES string of the molecule is C[C@@H](CCc1cccc(F)c1)NCc1nnc2ccccn12. The van der Waals surface area contributed by atoms with Gasteiger partial charge in [-0.3, -0.25) is 4.40 Å². The van der Waals surface area contributed by atoms with Crippen molar-refractivity contribution >= 4 is 5.65 Å². The molecule has 4 nitrogen and oxygen atoms in total. The Bertz CT molecular complexity index is 753. The van der Waals surface area contributed by atoms with Gasteiger partial charge in [-0.25, -0.2) is 4.39 Å². The maximum absolute atomic E-state index is 13.1. The third-order valence-corrected chi connectivity index (χ3v) is 3.75.